The summed E-state index contributed by atoms with van der Waals surface area (Å²) in [5.41, 5.74) is 15.4. The molecular formula is C17H21N3O. The van der Waals surface area contributed by atoms with Gasteiger partial charge in [-0.1, -0.05) is 12.1 Å². The predicted molar refractivity (Wildman–Crippen MR) is 87.0 cm³/mol. The molecule has 21 heavy (non-hydrogen) atoms. The smallest absolute Gasteiger partial charge is 0.0580 e. The number of aliphatic hydroxyl groups is 1. The first kappa shape index (κ1) is 13.8. The van der Waals surface area contributed by atoms with Crippen LogP contribution in [0.4, 0.5) is 17.1 Å². The van der Waals surface area contributed by atoms with E-state index in [-0.39, 0.29) is 12.1 Å². The number of hydrogen-bond acceptors (Lipinski definition) is 4. The number of piperidine rings is 1. The van der Waals surface area contributed by atoms with Crippen LogP contribution in [0, 0.1) is 0 Å². The van der Waals surface area contributed by atoms with E-state index in [0.29, 0.717) is 0 Å². The fraction of sp³-hybridized carbons (Fsp3) is 0.294. The van der Waals surface area contributed by atoms with E-state index in [0.717, 1.165) is 36.4 Å². The summed E-state index contributed by atoms with van der Waals surface area (Å²) >= 11 is 0. The summed E-state index contributed by atoms with van der Waals surface area (Å²) in [5.74, 6) is 0. The van der Waals surface area contributed by atoms with Crippen LogP contribution in [0.2, 0.25) is 0 Å². The molecule has 0 radical (unpaired) electrons. The minimum Gasteiger partial charge on any atom is -0.399 e. The van der Waals surface area contributed by atoms with E-state index < -0.39 is 0 Å². The highest BCUT2D eigenvalue weighted by molar-refractivity contribution is 5.55. The van der Waals surface area contributed by atoms with Crippen molar-refractivity contribution in [2.75, 3.05) is 22.9 Å². The monoisotopic (exact) mass is 283 g/mol. The van der Waals surface area contributed by atoms with Crippen molar-refractivity contribution in [1.82, 2.24) is 0 Å². The van der Waals surface area contributed by atoms with Crippen LogP contribution in [0.1, 0.15) is 24.4 Å². The Morgan fingerprint density at radius 2 is 1.48 bits per heavy atom. The van der Waals surface area contributed by atoms with E-state index in [1.54, 1.807) is 0 Å². The zero-order valence-corrected chi connectivity index (χ0v) is 11.9. The standard InChI is InChI=1S/C17H21N3O/c18-13-3-1-12(2-4-13)17-11-16(21)9-10-20(17)15-7-5-14(19)6-8-15/h1-8,16-17,21H,9-11,18-19H2. The maximum Gasteiger partial charge on any atom is 0.0580 e. The average Bonchev–Trinajstić information content (AvgIpc) is 2.49. The van der Waals surface area contributed by atoms with Gasteiger partial charge in [0, 0.05) is 23.6 Å². The van der Waals surface area contributed by atoms with Gasteiger partial charge < -0.3 is 21.5 Å². The Morgan fingerprint density at radius 1 is 0.905 bits per heavy atom. The Kier molecular flexibility index (Phi) is 3.71. The van der Waals surface area contributed by atoms with Crippen LogP contribution in [0.3, 0.4) is 0 Å². The summed E-state index contributed by atoms with van der Waals surface area (Å²) in [7, 11) is 0. The van der Waals surface area contributed by atoms with E-state index in [1.165, 1.54) is 5.56 Å². The first-order valence-electron chi connectivity index (χ1n) is 7.29. The highest BCUT2D eigenvalue weighted by Gasteiger charge is 2.28. The van der Waals surface area contributed by atoms with Gasteiger partial charge in [0.15, 0.2) is 0 Å². The lowest BCUT2D eigenvalue weighted by molar-refractivity contribution is 0.128. The molecule has 0 aliphatic carbocycles. The lowest BCUT2D eigenvalue weighted by Crippen LogP contribution is -2.38. The Morgan fingerprint density at radius 3 is 2.10 bits per heavy atom. The number of rotatable bonds is 2. The molecule has 3 rings (SSSR count). The number of nitrogen functional groups attached to an aromatic ring is 2. The predicted octanol–water partition coefficient (Wildman–Crippen LogP) is 2.55. The molecule has 0 aromatic heterocycles. The Bertz CT molecular complexity index is 594. The lowest BCUT2D eigenvalue weighted by Gasteiger charge is -2.40. The third-order valence-electron chi connectivity index (χ3n) is 4.12. The number of aliphatic hydroxyl groups excluding tert-OH is 1. The zero-order valence-electron chi connectivity index (χ0n) is 11.9. The summed E-state index contributed by atoms with van der Waals surface area (Å²) in [6.45, 7) is 0.833. The SMILES string of the molecule is Nc1ccc(C2CC(O)CCN2c2ccc(N)cc2)cc1. The normalized spacial score (nSPS) is 22.2. The van der Waals surface area contributed by atoms with E-state index >= 15 is 0 Å². The van der Waals surface area contributed by atoms with Gasteiger partial charge in [-0.3, -0.25) is 0 Å². The fourth-order valence-electron chi connectivity index (χ4n) is 2.96. The van der Waals surface area contributed by atoms with Gasteiger partial charge in [-0.2, -0.15) is 0 Å². The number of nitrogens with two attached hydrogens (primary N) is 2. The highest BCUT2D eigenvalue weighted by atomic mass is 16.3. The Balaban J connectivity index is 1.92. The topological polar surface area (TPSA) is 75.5 Å². The Hall–Kier alpha value is -2.20. The van der Waals surface area contributed by atoms with Gasteiger partial charge in [-0.05, 0) is 54.8 Å². The molecule has 2 aromatic carbocycles. The number of hydrogen-bond donors (Lipinski definition) is 3. The zero-order chi connectivity index (χ0) is 14.8. The minimum absolute atomic E-state index is 0.165. The van der Waals surface area contributed by atoms with Crippen molar-refractivity contribution in [3.63, 3.8) is 0 Å². The van der Waals surface area contributed by atoms with Gasteiger partial charge in [0.05, 0.1) is 12.1 Å². The van der Waals surface area contributed by atoms with Crippen molar-refractivity contribution in [2.24, 2.45) is 0 Å². The van der Waals surface area contributed by atoms with Crippen LogP contribution < -0.4 is 16.4 Å². The molecule has 5 N–H and O–H groups in total. The summed E-state index contributed by atoms with van der Waals surface area (Å²) in [6, 6.07) is 16.0. The van der Waals surface area contributed by atoms with Crippen LogP contribution >= 0.6 is 0 Å². The summed E-state index contributed by atoms with van der Waals surface area (Å²) in [5, 5.41) is 10.0. The Labute approximate surface area is 125 Å². The van der Waals surface area contributed by atoms with Crippen molar-refractivity contribution in [3.8, 4) is 0 Å². The molecule has 0 amide bonds. The molecule has 1 aliphatic rings. The summed E-state index contributed by atoms with van der Waals surface area (Å²) in [4.78, 5) is 2.33. The van der Waals surface area contributed by atoms with Crippen molar-refractivity contribution < 1.29 is 5.11 Å². The molecule has 4 heteroatoms. The molecule has 2 atom stereocenters. The molecule has 0 saturated carbocycles. The van der Waals surface area contributed by atoms with Crippen molar-refractivity contribution >= 4 is 17.1 Å². The maximum atomic E-state index is 10.0. The first-order valence-corrected chi connectivity index (χ1v) is 7.29. The molecule has 2 aromatic rings. The molecular weight excluding hydrogens is 262 g/mol. The van der Waals surface area contributed by atoms with Gasteiger partial charge in [-0.15, -0.1) is 0 Å². The third kappa shape index (κ3) is 2.95. The molecule has 0 spiro atoms. The van der Waals surface area contributed by atoms with Crippen LogP contribution in [0.15, 0.2) is 48.5 Å². The van der Waals surface area contributed by atoms with Gasteiger partial charge in [-0.25, -0.2) is 0 Å². The van der Waals surface area contributed by atoms with Crippen molar-refractivity contribution in [3.05, 3.63) is 54.1 Å². The maximum absolute atomic E-state index is 10.0. The molecule has 0 bridgehead atoms. The fourth-order valence-corrected chi connectivity index (χ4v) is 2.96. The molecule has 1 fully saturated rings. The second-order valence-corrected chi connectivity index (χ2v) is 5.65. The lowest BCUT2D eigenvalue weighted by atomic mass is 9.92. The van der Waals surface area contributed by atoms with Gasteiger partial charge in [0.25, 0.3) is 0 Å². The molecule has 110 valence electrons. The van der Waals surface area contributed by atoms with Crippen molar-refractivity contribution in [2.45, 2.75) is 25.0 Å². The van der Waals surface area contributed by atoms with Gasteiger partial charge in [0.2, 0.25) is 0 Å². The average molecular weight is 283 g/mol. The first-order chi connectivity index (χ1) is 10.1. The molecule has 1 aliphatic heterocycles. The van der Waals surface area contributed by atoms with Crippen molar-refractivity contribution in [1.29, 1.82) is 0 Å². The van der Waals surface area contributed by atoms with Crippen LogP contribution in [0.5, 0.6) is 0 Å². The van der Waals surface area contributed by atoms with Gasteiger partial charge >= 0.3 is 0 Å². The van der Waals surface area contributed by atoms with E-state index in [2.05, 4.69) is 4.90 Å². The van der Waals surface area contributed by atoms with Crippen LogP contribution in [-0.4, -0.2) is 17.8 Å². The largest absolute Gasteiger partial charge is 0.399 e. The number of anilines is 3. The molecule has 2 unspecified atom stereocenters. The number of benzene rings is 2. The van der Waals surface area contributed by atoms with E-state index in [4.69, 9.17) is 11.5 Å². The third-order valence-corrected chi connectivity index (χ3v) is 4.12. The second kappa shape index (κ2) is 5.66. The molecule has 1 heterocycles. The summed E-state index contributed by atoms with van der Waals surface area (Å²) < 4.78 is 0. The number of nitrogens with zero attached hydrogens (tertiary/aromatic N) is 1. The van der Waals surface area contributed by atoms with E-state index in [9.17, 15) is 5.11 Å². The van der Waals surface area contributed by atoms with Gasteiger partial charge in [0.1, 0.15) is 0 Å². The second-order valence-electron chi connectivity index (χ2n) is 5.65. The minimum atomic E-state index is -0.252. The molecule has 4 nitrogen and oxygen atoms in total. The van der Waals surface area contributed by atoms with Crippen LogP contribution in [0.25, 0.3) is 0 Å². The quantitative estimate of drug-likeness (QED) is 0.740. The highest BCUT2D eigenvalue weighted by Crippen LogP contribution is 2.35. The molecule has 1 saturated heterocycles. The van der Waals surface area contributed by atoms with E-state index in [1.807, 2.05) is 48.5 Å². The van der Waals surface area contributed by atoms with Crippen LogP contribution in [-0.2, 0) is 0 Å². The summed E-state index contributed by atoms with van der Waals surface area (Å²) in [6.07, 6.45) is 1.27.